The van der Waals surface area contributed by atoms with E-state index in [-0.39, 0.29) is 11.6 Å². The van der Waals surface area contributed by atoms with Gasteiger partial charge >= 0.3 is 0 Å². The molecule has 0 fully saturated rings. The highest BCUT2D eigenvalue weighted by Crippen LogP contribution is 2.27. The fraction of sp³-hybridized carbons (Fsp3) is 0.190. The van der Waals surface area contributed by atoms with Crippen LogP contribution in [0.1, 0.15) is 32.7 Å². The van der Waals surface area contributed by atoms with Gasteiger partial charge in [-0.3, -0.25) is 4.79 Å². The number of halogens is 1. The maximum absolute atomic E-state index is 12.4. The van der Waals surface area contributed by atoms with Crippen molar-refractivity contribution in [3.8, 4) is 0 Å². The summed E-state index contributed by atoms with van der Waals surface area (Å²) in [4.78, 5) is 20.9. The molecule has 0 aliphatic carbocycles. The first-order valence-electron chi connectivity index (χ1n) is 8.62. The van der Waals surface area contributed by atoms with Gasteiger partial charge in [-0.25, -0.2) is 9.97 Å². The smallest absolute Gasteiger partial charge is 0.275 e. The largest absolute Gasteiger partial charge is 0.365 e. The molecule has 27 heavy (non-hydrogen) atoms. The molecule has 0 aliphatic rings. The number of carbonyl (C=O) groups is 1. The minimum atomic E-state index is -0.346. The van der Waals surface area contributed by atoms with Crippen molar-refractivity contribution in [2.45, 2.75) is 27.3 Å². The molecule has 3 aromatic rings. The molecule has 138 valence electrons. The number of hydrogen-bond acceptors (Lipinski definition) is 4. The van der Waals surface area contributed by atoms with Crippen molar-refractivity contribution in [1.82, 2.24) is 9.97 Å². The van der Waals surface area contributed by atoms with Crippen LogP contribution >= 0.6 is 11.6 Å². The second-order valence-electron chi connectivity index (χ2n) is 6.52. The third-order valence-corrected chi connectivity index (χ3v) is 4.45. The van der Waals surface area contributed by atoms with Crippen LogP contribution in [-0.4, -0.2) is 15.9 Å². The van der Waals surface area contributed by atoms with E-state index in [2.05, 4.69) is 51.8 Å². The predicted octanol–water partition coefficient (Wildman–Crippen LogP) is 4.92. The average Bonchev–Trinajstić information content (AvgIpc) is 2.64. The highest BCUT2D eigenvalue weighted by molar-refractivity contribution is 6.34. The van der Waals surface area contributed by atoms with E-state index in [1.165, 1.54) is 11.8 Å². The number of hydrogen-bond donors (Lipinski definition) is 2. The SMILES string of the molecule is Cc1ccc(CNc2cnc(C(=O)Nc3c(C)cc(C)cc3Cl)cn2)cc1. The van der Waals surface area contributed by atoms with Gasteiger partial charge in [-0.2, -0.15) is 0 Å². The Morgan fingerprint density at radius 2 is 1.74 bits per heavy atom. The van der Waals surface area contributed by atoms with Crippen molar-refractivity contribution in [3.63, 3.8) is 0 Å². The molecule has 1 amide bonds. The van der Waals surface area contributed by atoms with Crippen molar-refractivity contribution in [3.05, 3.63) is 81.8 Å². The van der Waals surface area contributed by atoms with Crippen LogP contribution in [-0.2, 0) is 6.54 Å². The van der Waals surface area contributed by atoms with E-state index in [1.807, 2.05) is 26.0 Å². The summed E-state index contributed by atoms with van der Waals surface area (Å²) in [6, 6.07) is 12.0. The van der Waals surface area contributed by atoms with Crippen LogP contribution in [0.3, 0.4) is 0 Å². The van der Waals surface area contributed by atoms with E-state index < -0.39 is 0 Å². The van der Waals surface area contributed by atoms with Gasteiger partial charge in [0, 0.05) is 6.54 Å². The minimum Gasteiger partial charge on any atom is -0.365 e. The molecule has 2 aromatic carbocycles. The number of nitrogens with one attached hydrogen (secondary N) is 2. The highest BCUT2D eigenvalue weighted by atomic mass is 35.5. The normalized spacial score (nSPS) is 10.5. The van der Waals surface area contributed by atoms with Crippen molar-refractivity contribution in [2.75, 3.05) is 10.6 Å². The Balaban J connectivity index is 1.64. The quantitative estimate of drug-likeness (QED) is 0.659. The summed E-state index contributed by atoms with van der Waals surface area (Å²) in [6.45, 7) is 6.55. The number of carbonyl (C=O) groups excluding carboxylic acids is 1. The zero-order chi connectivity index (χ0) is 19.4. The Kier molecular flexibility index (Phi) is 5.72. The Morgan fingerprint density at radius 1 is 1.00 bits per heavy atom. The molecule has 3 rings (SSSR count). The number of amides is 1. The summed E-state index contributed by atoms with van der Waals surface area (Å²) < 4.78 is 0. The van der Waals surface area contributed by atoms with Gasteiger partial charge < -0.3 is 10.6 Å². The molecule has 0 spiro atoms. The third kappa shape index (κ3) is 4.83. The Hall–Kier alpha value is -2.92. The van der Waals surface area contributed by atoms with Gasteiger partial charge in [0.05, 0.1) is 23.1 Å². The summed E-state index contributed by atoms with van der Waals surface area (Å²) >= 11 is 6.24. The monoisotopic (exact) mass is 380 g/mol. The van der Waals surface area contributed by atoms with E-state index in [9.17, 15) is 4.79 Å². The molecule has 6 heteroatoms. The van der Waals surface area contributed by atoms with Crippen LogP contribution in [0.4, 0.5) is 11.5 Å². The molecule has 0 aliphatic heterocycles. The summed E-state index contributed by atoms with van der Waals surface area (Å²) in [6.07, 6.45) is 3.00. The number of aryl methyl sites for hydroxylation is 3. The number of nitrogens with zero attached hydrogens (tertiary/aromatic N) is 2. The maximum Gasteiger partial charge on any atom is 0.275 e. The van der Waals surface area contributed by atoms with Crippen molar-refractivity contribution < 1.29 is 4.79 Å². The lowest BCUT2D eigenvalue weighted by Gasteiger charge is -2.11. The van der Waals surface area contributed by atoms with E-state index in [1.54, 1.807) is 6.20 Å². The summed E-state index contributed by atoms with van der Waals surface area (Å²) in [5.74, 6) is 0.262. The van der Waals surface area contributed by atoms with Crippen LogP contribution in [0.25, 0.3) is 0 Å². The zero-order valence-electron chi connectivity index (χ0n) is 15.5. The van der Waals surface area contributed by atoms with Gasteiger partial charge in [-0.05, 0) is 43.5 Å². The molecular weight excluding hydrogens is 360 g/mol. The van der Waals surface area contributed by atoms with Crippen molar-refractivity contribution in [2.24, 2.45) is 0 Å². The van der Waals surface area contributed by atoms with Crippen molar-refractivity contribution >= 4 is 29.0 Å². The third-order valence-electron chi connectivity index (χ3n) is 4.15. The predicted molar refractivity (Wildman–Crippen MR) is 109 cm³/mol. The summed E-state index contributed by atoms with van der Waals surface area (Å²) in [7, 11) is 0. The zero-order valence-corrected chi connectivity index (χ0v) is 16.3. The van der Waals surface area contributed by atoms with Gasteiger partial charge in [0.15, 0.2) is 0 Å². The molecule has 0 bridgehead atoms. The van der Waals surface area contributed by atoms with Gasteiger partial charge in [-0.15, -0.1) is 0 Å². The Labute approximate surface area is 163 Å². The first kappa shape index (κ1) is 18.9. The molecule has 0 saturated carbocycles. The van der Waals surface area contributed by atoms with Gasteiger partial charge in [-0.1, -0.05) is 47.5 Å². The van der Waals surface area contributed by atoms with Crippen LogP contribution < -0.4 is 10.6 Å². The van der Waals surface area contributed by atoms with E-state index in [0.29, 0.717) is 23.1 Å². The van der Waals surface area contributed by atoms with Crippen LogP contribution in [0.15, 0.2) is 48.8 Å². The molecule has 0 saturated heterocycles. The van der Waals surface area contributed by atoms with E-state index in [4.69, 9.17) is 11.6 Å². The Morgan fingerprint density at radius 3 is 2.37 bits per heavy atom. The number of aromatic nitrogens is 2. The fourth-order valence-electron chi connectivity index (χ4n) is 2.69. The number of benzene rings is 2. The van der Waals surface area contributed by atoms with E-state index >= 15 is 0 Å². The molecular formula is C21H21ClN4O. The van der Waals surface area contributed by atoms with Gasteiger partial charge in [0.1, 0.15) is 11.5 Å². The van der Waals surface area contributed by atoms with Crippen LogP contribution in [0, 0.1) is 20.8 Å². The first-order chi connectivity index (χ1) is 12.9. The molecule has 0 unspecified atom stereocenters. The molecule has 2 N–H and O–H groups in total. The second kappa shape index (κ2) is 8.18. The minimum absolute atomic E-state index is 0.229. The first-order valence-corrected chi connectivity index (χ1v) is 9.00. The number of rotatable bonds is 5. The van der Waals surface area contributed by atoms with Gasteiger partial charge in [0.2, 0.25) is 0 Å². The molecule has 0 atom stereocenters. The lowest BCUT2D eigenvalue weighted by molar-refractivity contribution is 0.102. The topological polar surface area (TPSA) is 66.9 Å². The summed E-state index contributed by atoms with van der Waals surface area (Å²) in [5, 5.41) is 6.51. The summed E-state index contributed by atoms with van der Waals surface area (Å²) in [5.41, 5.74) is 5.13. The maximum atomic E-state index is 12.4. The lowest BCUT2D eigenvalue weighted by atomic mass is 10.1. The molecule has 0 radical (unpaired) electrons. The lowest BCUT2D eigenvalue weighted by Crippen LogP contribution is -2.15. The van der Waals surface area contributed by atoms with Crippen LogP contribution in [0.2, 0.25) is 5.02 Å². The van der Waals surface area contributed by atoms with Crippen molar-refractivity contribution in [1.29, 1.82) is 0 Å². The number of anilines is 2. The second-order valence-corrected chi connectivity index (χ2v) is 6.93. The van der Waals surface area contributed by atoms with Gasteiger partial charge in [0.25, 0.3) is 5.91 Å². The molecule has 5 nitrogen and oxygen atoms in total. The van der Waals surface area contributed by atoms with E-state index in [0.717, 1.165) is 16.7 Å². The molecule has 1 aromatic heterocycles. The highest BCUT2D eigenvalue weighted by Gasteiger charge is 2.13. The Bertz CT molecular complexity index is 930. The average molecular weight is 381 g/mol. The van der Waals surface area contributed by atoms with Crippen LogP contribution in [0.5, 0.6) is 0 Å². The standard InChI is InChI=1S/C21H21ClN4O/c1-13-4-6-16(7-5-13)10-24-19-12-23-18(11-25-19)21(27)26-20-15(3)8-14(2)9-17(20)22/h4-9,11-12H,10H2,1-3H3,(H,24,25)(H,26,27). The fourth-order valence-corrected chi connectivity index (χ4v) is 3.06. The molecule has 1 heterocycles.